The number of phenols is 1. The Morgan fingerprint density at radius 3 is 2.38 bits per heavy atom. The number of amidine groups is 1. The Morgan fingerprint density at radius 1 is 1.02 bits per heavy atom. The van der Waals surface area contributed by atoms with E-state index in [2.05, 4.69) is 4.98 Å². The van der Waals surface area contributed by atoms with E-state index in [1.54, 1.807) is 50.5 Å². The van der Waals surface area contributed by atoms with Crippen LogP contribution in [0.4, 0.5) is 0 Å². The highest BCUT2D eigenvalue weighted by Gasteiger charge is 2.23. The normalized spacial score (nSPS) is 13.8. The van der Waals surface area contributed by atoms with Crippen molar-refractivity contribution in [3.8, 4) is 34.8 Å². The SMILES string of the molecule is CN(C)C(=O)c1cccc(Oc2cc(OC3CCN(CC(=O)O)CC3)cc(Oc3cc(C(=N)N)ccc3O)n2)c1. The summed E-state index contributed by atoms with van der Waals surface area (Å²) < 4.78 is 18.0. The third-order valence-electron chi connectivity index (χ3n) is 6.14. The molecule has 40 heavy (non-hydrogen) atoms. The number of nitrogen functional groups attached to an aromatic ring is 1. The van der Waals surface area contributed by atoms with Crippen molar-refractivity contribution >= 4 is 17.7 Å². The van der Waals surface area contributed by atoms with Gasteiger partial charge in [0.1, 0.15) is 23.4 Å². The second kappa shape index (κ2) is 12.3. The van der Waals surface area contributed by atoms with Gasteiger partial charge in [0.2, 0.25) is 11.8 Å². The number of carboxylic acids is 1. The summed E-state index contributed by atoms with van der Waals surface area (Å²) >= 11 is 0. The van der Waals surface area contributed by atoms with Gasteiger partial charge < -0.3 is 35.1 Å². The standard InChI is InChI=1S/C28H31N5O7/c1-32(2)28(37)18-4-3-5-20(12-18)39-24-14-21(38-19-8-10-33(11-9-19)16-26(35)36)15-25(31-24)40-23-13-17(27(29)30)6-7-22(23)34/h3-7,12-15,19,34H,8-11,16H2,1-2H3,(H3,29,30)(H,35,36). The third kappa shape index (κ3) is 7.38. The maximum atomic E-state index is 12.4. The van der Waals surface area contributed by atoms with Crippen LogP contribution in [0.15, 0.2) is 54.6 Å². The van der Waals surface area contributed by atoms with Crippen molar-refractivity contribution in [3.63, 3.8) is 0 Å². The number of aliphatic carboxylic acids is 1. The van der Waals surface area contributed by atoms with E-state index in [0.29, 0.717) is 48.6 Å². The highest BCUT2D eigenvalue weighted by molar-refractivity contribution is 5.95. The van der Waals surface area contributed by atoms with Gasteiger partial charge in [-0.2, -0.15) is 4.98 Å². The average Bonchev–Trinajstić information content (AvgIpc) is 2.90. The second-order valence-corrected chi connectivity index (χ2v) is 9.49. The number of likely N-dealkylation sites (tertiary alicyclic amines) is 1. The molecule has 0 unspecified atom stereocenters. The number of nitrogens with two attached hydrogens (primary N) is 1. The predicted octanol–water partition coefficient (Wildman–Crippen LogP) is 3.29. The van der Waals surface area contributed by atoms with Crippen LogP contribution >= 0.6 is 0 Å². The Labute approximate surface area is 231 Å². The number of ether oxygens (including phenoxy) is 3. The highest BCUT2D eigenvalue weighted by atomic mass is 16.5. The molecule has 5 N–H and O–H groups in total. The number of amides is 1. The minimum Gasteiger partial charge on any atom is -0.504 e. The molecular formula is C28H31N5O7. The van der Waals surface area contributed by atoms with Gasteiger partial charge in [0, 0.05) is 50.4 Å². The summed E-state index contributed by atoms with van der Waals surface area (Å²) in [5.41, 5.74) is 6.37. The maximum absolute atomic E-state index is 12.4. The molecule has 1 amide bonds. The lowest BCUT2D eigenvalue weighted by Gasteiger charge is -2.31. The zero-order chi connectivity index (χ0) is 28.8. The molecule has 1 aliphatic heterocycles. The van der Waals surface area contributed by atoms with E-state index < -0.39 is 5.97 Å². The Hall–Kier alpha value is -4.84. The van der Waals surface area contributed by atoms with Crippen LogP contribution in [0.2, 0.25) is 0 Å². The van der Waals surface area contributed by atoms with E-state index in [0.717, 1.165) is 0 Å². The highest BCUT2D eigenvalue weighted by Crippen LogP contribution is 2.35. The first-order chi connectivity index (χ1) is 19.1. The summed E-state index contributed by atoms with van der Waals surface area (Å²) in [7, 11) is 3.31. The smallest absolute Gasteiger partial charge is 0.317 e. The minimum atomic E-state index is -0.870. The molecule has 1 fully saturated rings. The zero-order valence-electron chi connectivity index (χ0n) is 22.2. The van der Waals surface area contributed by atoms with Crippen LogP contribution in [-0.4, -0.2) is 82.5 Å². The number of hydrogen-bond donors (Lipinski definition) is 4. The molecule has 0 atom stereocenters. The summed E-state index contributed by atoms with van der Waals surface area (Å²) in [6.45, 7) is 1.14. The van der Waals surface area contributed by atoms with E-state index in [9.17, 15) is 14.7 Å². The molecular weight excluding hydrogens is 518 g/mol. The van der Waals surface area contributed by atoms with Crippen molar-refractivity contribution in [1.29, 1.82) is 5.41 Å². The number of carbonyl (C=O) groups is 2. The number of piperidine rings is 1. The van der Waals surface area contributed by atoms with Crippen LogP contribution < -0.4 is 19.9 Å². The number of phenolic OH excluding ortho intramolecular Hbond substituents is 1. The van der Waals surface area contributed by atoms with Gasteiger partial charge in [0.05, 0.1) is 6.54 Å². The van der Waals surface area contributed by atoms with Crippen LogP contribution in [0.5, 0.6) is 34.8 Å². The van der Waals surface area contributed by atoms with Gasteiger partial charge in [0.15, 0.2) is 11.5 Å². The number of aromatic nitrogens is 1. The largest absolute Gasteiger partial charge is 0.504 e. The van der Waals surface area contributed by atoms with E-state index >= 15 is 0 Å². The van der Waals surface area contributed by atoms with Gasteiger partial charge >= 0.3 is 5.97 Å². The first-order valence-corrected chi connectivity index (χ1v) is 12.5. The molecule has 4 rings (SSSR count). The maximum Gasteiger partial charge on any atom is 0.317 e. The number of carboxylic acid groups (broad SMARTS) is 1. The molecule has 1 saturated heterocycles. The molecule has 2 aromatic carbocycles. The number of nitrogens with zero attached hydrogens (tertiary/aromatic N) is 3. The summed E-state index contributed by atoms with van der Waals surface area (Å²) in [6.07, 6.45) is 1.07. The van der Waals surface area contributed by atoms with Crippen LogP contribution in [0.25, 0.3) is 0 Å². The van der Waals surface area contributed by atoms with Crippen molar-refractivity contribution < 1.29 is 34.0 Å². The fraction of sp³-hybridized carbons (Fsp3) is 0.286. The number of aromatic hydroxyl groups is 1. The van der Waals surface area contributed by atoms with E-state index in [-0.39, 0.29) is 47.7 Å². The third-order valence-corrected chi connectivity index (χ3v) is 6.14. The van der Waals surface area contributed by atoms with Gasteiger partial charge in [-0.3, -0.25) is 19.9 Å². The number of rotatable bonds is 10. The number of nitrogens with one attached hydrogen (secondary N) is 1. The van der Waals surface area contributed by atoms with Gasteiger partial charge in [0.25, 0.3) is 5.91 Å². The predicted molar refractivity (Wildman–Crippen MR) is 146 cm³/mol. The monoisotopic (exact) mass is 549 g/mol. The van der Waals surface area contributed by atoms with Crippen molar-refractivity contribution in [2.75, 3.05) is 33.7 Å². The lowest BCUT2D eigenvalue weighted by atomic mass is 10.1. The van der Waals surface area contributed by atoms with E-state index in [1.807, 2.05) is 4.90 Å². The number of carbonyl (C=O) groups excluding carboxylic acids is 1. The average molecular weight is 550 g/mol. The lowest BCUT2D eigenvalue weighted by molar-refractivity contribution is -0.138. The van der Waals surface area contributed by atoms with Gasteiger partial charge in [-0.15, -0.1) is 0 Å². The second-order valence-electron chi connectivity index (χ2n) is 9.49. The molecule has 0 bridgehead atoms. The molecule has 0 saturated carbocycles. The zero-order valence-corrected chi connectivity index (χ0v) is 22.2. The minimum absolute atomic E-state index is 0.0177. The van der Waals surface area contributed by atoms with Crippen LogP contribution in [0, 0.1) is 5.41 Å². The van der Waals surface area contributed by atoms with Crippen molar-refractivity contribution in [2.24, 2.45) is 5.73 Å². The fourth-order valence-electron chi connectivity index (χ4n) is 4.15. The van der Waals surface area contributed by atoms with E-state index in [4.69, 9.17) is 30.5 Å². The molecule has 0 aliphatic carbocycles. The Kier molecular flexibility index (Phi) is 8.70. The molecule has 0 spiro atoms. The Morgan fingerprint density at radius 2 is 1.73 bits per heavy atom. The molecule has 0 radical (unpaired) electrons. The molecule has 1 aromatic heterocycles. The van der Waals surface area contributed by atoms with Crippen LogP contribution in [-0.2, 0) is 4.79 Å². The van der Waals surface area contributed by atoms with Crippen molar-refractivity contribution in [1.82, 2.24) is 14.8 Å². The molecule has 210 valence electrons. The van der Waals surface area contributed by atoms with Gasteiger partial charge in [-0.05, 0) is 49.2 Å². The summed E-state index contributed by atoms with van der Waals surface area (Å²) in [4.78, 5) is 31.1. The number of hydrogen-bond acceptors (Lipinski definition) is 9. The van der Waals surface area contributed by atoms with Gasteiger partial charge in [-0.25, -0.2) is 0 Å². The topological polar surface area (TPSA) is 172 Å². The van der Waals surface area contributed by atoms with Crippen molar-refractivity contribution in [3.05, 3.63) is 65.7 Å². The first-order valence-electron chi connectivity index (χ1n) is 12.5. The molecule has 1 aliphatic rings. The summed E-state index contributed by atoms with van der Waals surface area (Å²) in [5, 5.41) is 27.0. The molecule has 2 heterocycles. The fourth-order valence-corrected chi connectivity index (χ4v) is 4.15. The number of pyridine rings is 1. The van der Waals surface area contributed by atoms with E-state index in [1.165, 1.54) is 23.1 Å². The van der Waals surface area contributed by atoms with Crippen molar-refractivity contribution in [2.45, 2.75) is 18.9 Å². The van der Waals surface area contributed by atoms with Gasteiger partial charge in [-0.1, -0.05) is 6.07 Å². The summed E-state index contributed by atoms with van der Waals surface area (Å²) in [6, 6.07) is 14.1. The lowest BCUT2D eigenvalue weighted by Crippen LogP contribution is -2.40. The van der Waals surface area contributed by atoms with Crippen LogP contribution in [0.1, 0.15) is 28.8 Å². The molecule has 12 nitrogen and oxygen atoms in total. The first kappa shape index (κ1) is 28.2. The number of benzene rings is 2. The molecule has 3 aromatic rings. The Balaban J connectivity index is 1.60. The molecule has 12 heteroatoms. The summed E-state index contributed by atoms with van der Waals surface area (Å²) in [5.74, 6) is -0.475. The quantitative estimate of drug-likeness (QED) is 0.217. The van der Waals surface area contributed by atoms with Crippen LogP contribution in [0.3, 0.4) is 0 Å². The Bertz CT molecular complexity index is 1400.